The summed E-state index contributed by atoms with van der Waals surface area (Å²) < 4.78 is 7.06. The van der Waals surface area contributed by atoms with Gasteiger partial charge >= 0.3 is 0 Å². The van der Waals surface area contributed by atoms with E-state index in [-0.39, 0.29) is 0 Å². The maximum absolute atomic E-state index is 9.27. The molecular weight excluding hydrogens is 180 g/mol. The molecule has 0 amide bonds. The molecule has 0 saturated heterocycles. The normalized spacial score (nSPS) is 19.1. The third-order valence-corrected chi connectivity index (χ3v) is 2.16. The number of ether oxygens (including phenoxy) is 1. The lowest BCUT2D eigenvalue weighted by Gasteiger charge is -2.20. The van der Waals surface area contributed by atoms with E-state index in [4.69, 9.17) is 4.74 Å². The molecule has 1 N–H and O–H groups in total. The first kappa shape index (κ1) is 11.0. The molecule has 1 aromatic heterocycles. The monoisotopic (exact) mass is 198 g/mol. The van der Waals surface area contributed by atoms with Crippen molar-refractivity contribution in [2.75, 3.05) is 6.61 Å². The molecular formula is C10H18N2O2. The zero-order chi connectivity index (χ0) is 10.7. The Balaban J connectivity index is 0.000000461. The first-order valence-electron chi connectivity index (χ1n) is 5.03. The maximum atomic E-state index is 9.27. The van der Waals surface area contributed by atoms with Gasteiger partial charge in [0.05, 0.1) is 12.2 Å². The minimum atomic E-state index is -0.420. The van der Waals surface area contributed by atoms with E-state index in [1.54, 1.807) is 4.68 Å². The van der Waals surface area contributed by atoms with Crippen LogP contribution in [-0.2, 0) is 6.54 Å². The molecule has 0 aliphatic carbocycles. The minimum Gasteiger partial charge on any atom is -0.475 e. The second-order valence-electron chi connectivity index (χ2n) is 3.16. The number of aromatic nitrogens is 2. The Hall–Kier alpha value is -1.03. The van der Waals surface area contributed by atoms with Crippen LogP contribution < -0.4 is 4.74 Å². The number of aryl methyl sites for hydroxylation is 1. The fraction of sp³-hybridized carbons (Fsp3) is 0.700. The van der Waals surface area contributed by atoms with Crippen LogP contribution in [0.1, 0.15) is 25.1 Å². The number of rotatable bonds is 0. The van der Waals surface area contributed by atoms with Gasteiger partial charge in [-0.1, -0.05) is 13.8 Å². The van der Waals surface area contributed by atoms with Gasteiger partial charge < -0.3 is 9.84 Å². The van der Waals surface area contributed by atoms with E-state index in [2.05, 4.69) is 5.10 Å². The molecule has 4 heteroatoms. The van der Waals surface area contributed by atoms with Gasteiger partial charge in [-0.25, -0.2) is 4.68 Å². The number of hydrogen-bond acceptors (Lipinski definition) is 3. The Morgan fingerprint density at radius 1 is 1.43 bits per heavy atom. The number of fused-ring (bicyclic) bond motifs is 1. The highest BCUT2D eigenvalue weighted by Crippen LogP contribution is 2.24. The molecule has 0 bridgehead atoms. The first-order chi connectivity index (χ1) is 6.68. The number of aliphatic hydroxyl groups is 1. The molecule has 0 aromatic carbocycles. The quantitative estimate of drug-likeness (QED) is 0.683. The van der Waals surface area contributed by atoms with E-state index in [9.17, 15) is 5.11 Å². The van der Waals surface area contributed by atoms with Crippen molar-refractivity contribution in [1.29, 1.82) is 0 Å². The zero-order valence-corrected chi connectivity index (χ0v) is 9.24. The zero-order valence-electron chi connectivity index (χ0n) is 9.24. The van der Waals surface area contributed by atoms with Gasteiger partial charge in [0.25, 0.3) is 0 Å². The third kappa shape index (κ3) is 1.90. The summed E-state index contributed by atoms with van der Waals surface area (Å²) in [6, 6.07) is 0. The van der Waals surface area contributed by atoms with Crippen LogP contribution >= 0.6 is 0 Å². The Morgan fingerprint density at radius 3 is 2.71 bits per heavy atom. The van der Waals surface area contributed by atoms with Gasteiger partial charge in [0.15, 0.2) is 0 Å². The molecule has 14 heavy (non-hydrogen) atoms. The van der Waals surface area contributed by atoms with Crippen LogP contribution in [0.5, 0.6) is 5.88 Å². The third-order valence-electron chi connectivity index (χ3n) is 2.16. The van der Waals surface area contributed by atoms with Gasteiger partial charge in [-0.2, -0.15) is 5.10 Å². The van der Waals surface area contributed by atoms with E-state index in [0.29, 0.717) is 13.2 Å². The highest BCUT2D eigenvalue weighted by Gasteiger charge is 2.21. The highest BCUT2D eigenvalue weighted by molar-refractivity contribution is 5.30. The van der Waals surface area contributed by atoms with Gasteiger partial charge in [0.1, 0.15) is 12.7 Å². The summed E-state index contributed by atoms with van der Waals surface area (Å²) in [5.74, 6) is 0.804. The molecule has 4 nitrogen and oxygen atoms in total. The topological polar surface area (TPSA) is 47.3 Å². The maximum Gasteiger partial charge on any atom is 0.215 e. The summed E-state index contributed by atoms with van der Waals surface area (Å²) in [5, 5.41) is 13.5. The average Bonchev–Trinajstić information content (AvgIpc) is 2.45. The fourth-order valence-electron chi connectivity index (χ4n) is 1.38. The van der Waals surface area contributed by atoms with Crippen molar-refractivity contribution in [3.05, 3.63) is 11.3 Å². The lowest BCUT2D eigenvalue weighted by molar-refractivity contribution is 0.0553. The van der Waals surface area contributed by atoms with Gasteiger partial charge in [0, 0.05) is 5.56 Å². The molecule has 0 spiro atoms. The predicted octanol–water partition coefficient (Wildman–Crippen LogP) is 1.28. The van der Waals surface area contributed by atoms with E-state index >= 15 is 0 Å². The summed E-state index contributed by atoms with van der Waals surface area (Å²) in [7, 11) is 0. The largest absolute Gasteiger partial charge is 0.475 e. The molecule has 0 radical (unpaired) electrons. The van der Waals surface area contributed by atoms with Crippen molar-refractivity contribution in [1.82, 2.24) is 9.78 Å². The first-order valence-corrected chi connectivity index (χ1v) is 5.03. The van der Waals surface area contributed by atoms with Crippen LogP contribution in [0.25, 0.3) is 0 Å². The molecule has 2 rings (SSSR count). The summed E-state index contributed by atoms with van der Waals surface area (Å²) >= 11 is 0. The summed E-state index contributed by atoms with van der Waals surface area (Å²) in [5.41, 5.74) is 2.04. The lowest BCUT2D eigenvalue weighted by atomic mass is 10.3. The average molecular weight is 198 g/mol. The summed E-state index contributed by atoms with van der Waals surface area (Å²) in [6.07, 6.45) is -0.420. The van der Waals surface area contributed by atoms with Gasteiger partial charge in [-0.05, 0) is 13.8 Å². The van der Waals surface area contributed by atoms with Crippen LogP contribution in [0, 0.1) is 13.8 Å². The van der Waals surface area contributed by atoms with E-state index in [1.165, 1.54) is 0 Å². The van der Waals surface area contributed by atoms with Gasteiger partial charge in [0.2, 0.25) is 5.88 Å². The predicted molar refractivity (Wildman–Crippen MR) is 54.6 cm³/mol. The van der Waals surface area contributed by atoms with Crippen molar-refractivity contribution in [2.24, 2.45) is 0 Å². The van der Waals surface area contributed by atoms with Crippen molar-refractivity contribution in [3.63, 3.8) is 0 Å². The summed E-state index contributed by atoms with van der Waals surface area (Å²) in [6.45, 7) is 8.85. The van der Waals surface area contributed by atoms with Crippen molar-refractivity contribution in [3.8, 4) is 5.88 Å². The smallest absolute Gasteiger partial charge is 0.215 e. The highest BCUT2D eigenvalue weighted by atomic mass is 16.5. The molecule has 0 fully saturated rings. The van der Waals surface area contributed by atoms with Crippen molar-refractivity contribution < 1.29 is 9.84 Å². The van der Waals surface area contributed by atoms with Crippen LogP contribution in [0.15, 0.2) is 0 Å². The Labute approximate surface area is 84.5 Å². The van der Waals surface area contributed by atoms with Crippen molar-refractivity contribution >= 4 is 0 Å². The number of hydrogen-bond donors (Lipinski definition) is 1. The molecule has 2 heterocycles. The molecule has 1 aromatic rings. The standard InChI is InChI=1S/C8H12N2O2.C2H6/c1-5-6(2)9-10-3-7(11)4-12-8(5)10;1-2/h7,11H,3-4H2,1-2H3;1-2H3. The molecule has 1 aliphatic heterocycles. The molecule has 0 saturated carbocycles. The Kier molecular flexibility index (Phi) is 3.52. The number of aliphatic hydroxyl groups excluding tert-OH is 1. The summed E-state index contributed by atoms with van der Waals surface area (Å²) in [4.78, 5) is 0. The van der Waals surface area contributed by atoms with Crippen LogP contribution in [0.4, 0.5) is 0 Å². The van der Waals surface area contributed by atoms with Crippen molar-refractivity contribution in [2.45, 2.75) is 40.3 Å². The Bertz CT molecular complexity index is 307. The SMILES string of the molecule is CC.Cc1nn2c(c1C)OCC(O)C2. The fourth-order valence-corrected chi connectivity index (χ4v) is 1.38. The second kappa shape index (κ2) is 4.46. The van der Waals surface area contributed by atoms with E-state index in [0.717, 1.165) is 17.1 Å². The molecule has 80 valence electrons. The van der Waals surface area contributed by atoms with Gasteiger partial charge in [-0.3, -0.25) is 0 Å². The van der Waals surface area contributed by atoms with Gasteiger partial charge in [-0.15, -0.1) is 0 Å². The molecule has 1 unspecified atom stereocenters. The van der Waals surface area contributed by atoms with Crippen LogP contribution in [-0.4, -0.2) is 27.6 Å². The van der Waals surface area contributed by atoms with Crippen LogP contribution in [0.2, 0.25) is 0 Å². The molecule has 1 aliphatic rings. The van der Waals surface area contributed by atoms with E-state index in [1.807, 2.05) is 27.7 Å². The lowest BCUT2D eigenvalue weighted by Crippen LogP contribution is -2.30. The Morgan fingerprint density at radius 2 is 2.07 bits per heavy atom. The minimum absolute atomic E-state index is 0.381. The number of nitrogens with zero attached hydrogens (tertiary/aromatic N) is 2. The van der Waals surface area contributed by atoms with Crippen LogP contribution in [0.3, 0.4) is 0 Å². The second-order valence-corrected chi connectivity index (χ2v) is 3.16. The van der Waals surface area contributed by atoms with E-state index < -0.39 is 6.10 Å². The molecule has 1 atom stereocenters.